The lowest BCUT2D eigenvalue weighted by molar-refractivity contribution is -0.144. The summed E-state index contributed by atoms with van der Waals surface area (Å²) < 4.78 is 6.65. The molecule has 3 atom stereocenters. The number of rotatable bonds is 6. The van der Waals surface area contributed by atoms with Gasteiger partial charge < -0.3 is 15.6 Å². The van der Waals surface area contributed by atoms with E-state index in [0.717, 1.165) is 34.2 Å². The zero-order chi connectivity index (χ0) is 20.6. The quantitative estimate of drug-likeness (QED) is 0.660. The van der Waals surface area contributed by atoms with Crippen LogP contribution in [0.5, 0.6) is 0 Å². The minimum Gasteiger partial charge on any atom is -0.480 e. The van der Waals surface area contributed by atoms with Crippen LogP contribution in [0.15, 0.2) is 72.8 Å². The monoisotopic (exact) mass is 387 g/mol. The number of aryl methyl sites for hydroxylation is 1. The van der Waals surface area contributed by atoms with E-state index >= 15 is 0 Å². The Hall–Kier alpha value is -2.95. The molecule has 3 N–H and O–H groups in total. The molecular weight excluding hydrogens is 362 g/mol. The molecule has 29 heavy (non-hydrogen) atoms. The Balaban J connectivity index is 2.01. The van der Waals surface area contributed by atoms with E-state index in [2.05, 4.69) is 37.3 Å². The summed E-state index contributed by atoms with van der Waals surface area (Å²) in [5.74, 6) is -1.07. The summed E-state index contributed by atoms with van der Waals surface area (Å²) in [4.78, 5) is 11.5. The van der Waals surface area contributed by atoms with Gasteiger partial charge in [-0.15, -0.1) is 0 Å². The van der Waals surface area contributed by atoms with Gasteiger partial charge in [-0.05, 0) is 35.6 Å². The van der Waals surface area contributed by atoms with Crippen LogP contribution in [0.2, 0.25) is 0 Å². The highest BCUT2D eigenvalue weighted by atomic mass is 16.5. The molecule has 0 radical (unpaired) electrons. The lowest BCUT2D eigenvalue weighted by atomic mass is 9.83. The Bertz CT molecular complexity index is 1050. The molecule has 0 amide bonds. The molecular formula is C25H25NO3. The van der Waals surface area contributed by atoms with Gasteiger partial charge in [0, 0.05) is 11.1 Å². The first-order valence-electron chi connectivity index (χ1n) is 9.94. The highest BCUT2D eigenvalue weighted by Gasteiger charge is 2.47. The molecule has 0 heterocycles. The predicted octanol–water partition coefficient (Wildman–Crippen LogP) is 4.34. The van der Waals surface area contributed by atoms with Crippen LogP contribution in [0.3, 0.4) is 0 Å². The molecule has 1 aliphatic carbocycles. The summed E-state index contributed by atoms with van der Waals surface area (Å²) in [5.41, 5.74) is 11.5. The lowest BCUT2D eigenvalue weighted by Crippen LogP contribution is -2.46. The second-order valence-electron chi connectivity index (χ2n) is 7.51. The maximum atomic E-state index is 11.5. The number of hydrogen-bond acceptors (Lipinski definition) is 3. The van der Waals surface area contributed by atoms with Crippen molar-refractivity contribution in [1.29, 1.82) is 0 Å². The summed E-state index contributed by atoms with van der Waals surface area (Å²) in [6, 6.07) is 23.5. The average molecular weight is 387 g/mol. The summed E-state index contributed by atoms with van der Waals surface area (Å²) in [6.45, 7) is 3.85. The van der Waals surface area contributed by atoms with Gasteiger partial charge in [-0.1, -0.05) is 79.7 Å². The number of benzene rings is 3. The van der Waals surface area contributed by atoms with Crippen LogP contribution < -0.4 is 5.73 Å². The molecule has 0 saturated carbocycles. The SMILES string of the molecule is CCc1ccc2c(c1)C(O[C@H](C)[C@H](N)C(=O)O)(c1ccccc1)c1ccccc1-2. The summed E-state index contributed by atoms with van der Waals surface area (Å²) in [5, 5.41) is 9.45. The van der Waals surface area contributed by atoms with Gasteiger partial charge in [-0.2, -0.15) is 0 Å². The minimum absolute atomic E-state index is 0.697. The number of ether oxygens (including phenoxy) is 1. The van der Waals surface area contributed by atoms with Gasteiger partial charge in [0.2, 0.25) is 0 Å². The first-order chi connectivity index (χ1) is 14.0. The number of fused-ring (bicyclic) bond motifs is 3. The van der Waals surface area contributed by atoms with Crippen LogP contribution in [0.25, 0.3) is 11.1 Å². The Kier molecular flexibility index (Phi) is 4.99. The number of carboxylic acids is 1. The predicted molar refractivity (Wildman–Crippen MR) is 114 cm³/mol. The summed E-state index contributed by atoms with van der Waals surface area (Å²) in [6.07, 6.45) is 0.204. The maximum Gasteiger partial charge on any atom is 0.323 e. The van der Waals surface area contributed by atoms with Crippen LogP contribution in [-0.4, -0.2) is 23.2 Å². The van der Waals surface area contributed by atoms with Gasteiger partial charge in [0.1, 0.15) is 11.6 Å². The number of aliphatic carboxylic acids is 1. The maximum absolute atomic E-state index is 11.5. The summed E-state index contributed by atoms with van der Waals surface area (Å²) >= 11 is 0. The van der Waals surface area contributed by atoms with Crippen LogP contribution in [-0.2, 0) is 21.6 Å². The van der Waals surface area contributed by atoms with Crippen LogP contribution in [0.4, 0.5) is 0 Å². The fourth-order valence-electron chi connectivity index (χ4n) is 4.24. The van der Waals surface area contributed by atoms with Crippen molar-refractivity contribution in [1.82, 2.24) is 0 Å². The smallest absolute Gasteiger partial charge is 0.323 e. The topological polar surface area (TPSA) is 72.5 Å². The third-order valence-corrected chi connectivity index (χ3v) is 5.80. The molecule has 4 nitrogen and oxygen atoms in total. The zero-order valence-electron chi connectivity index (χ0n) is 16.6. The standard InChI is InChI=1S/C25H25NO3/c1-3-17-13-14-20-19-11-7-8-12-21(19)25(22(20)15-17,18-9-5-4-6-10-18)29-16(2)23(26)24(27)28/h4-16,23H,3,26H2,1-2H3,(H,27,28)/t16-,23+,25?/m1/s1. The molecule has 3 aromatic carbocycles. The van der Waals surface area contributed by atoms with Crippen molar-refractivity contribution in [3.63, 3.8) is 0 Å². The van der Waals surface area contributed by atoms with Crippen molar-refractivity contribution < 1.29 is 14.6 Å². The number of carbonyl (C=O) groups is 1. The average Bonchev–Trinajstić information content (AvgIpc) is 3.04. The molecule has 4 rings (SSSR count). The molecule has 1 unspecified atom stereocenters. The first-order valence-corrected chi connectivity index (χ1v) is 9.94. The van der Waals surface area contributed by atoms with Crippen LogP contribution in [0.1, 0.15) is 36.1 Å². The van der Waals surface area contributed by atoms with E-state index in [1.807, 2.05) is 42.5 Å². The number of carboxylic acid groups (broad SMARTS) is 1. The Morgan fingerprint density at radius 3 is 2.34 bits per heavy atom. The molecule has 4 heteroatoms. The van der Waals surface area contributed by atoms with Gasteiger partial charge in [0.05, 0.1) is 6.10 Å². The summed E-state index contributed by atoms with van der Waals surface area (Å²) in [7, 11) is 0. The molecule has 0 aromatic heterocycles. The van der Waals surface area contributed by atoms with Crippen molar-refractivity contribution >= 4 is 5.97 Å². The van der Waals surface area contributed by atoms with Crippen LogP contribution >= 0.6 is 0 Å². The van der Waals surface area contributed by atoms with E-state index in [0.29, 0.717) is 0 Å². The van der Waals surface area contributed by atoms with Crippen molar-refractivity contribution in [3.05, 3.63) is 95.1 Å². The van der Waals surface area contributed by atoms with E-state index in [9.17, 15) is 9.90 Å². The third kappa shape index (κ3) is 3.05. The van der Waals surface area contributed by atoms with E-state index < -0.39 is 23.7 Å². The number of hydrogen-bond donors (Lipinski definition) is 2. The molecule has 0 aliphatic heterocycles. The Morgan fingerprint density at radius 1 is 1.00 bits per heavy atom. The van der Waals surface area contributed by atoms with Gasteiger partial charge in [0.25, 0.3) is 0 Å². The first kappa shape index (κ1) is 19.4. The van der Waals surface area contributed by atoms with Crippen molar-refractivity contribution in [2.24, 2.45) is 5.73 Å². The third-order valence-electron chi connectivity index (χ3n) is 5.80. The van der Waals surface area contributed by atoms with Crippen molar-refractivity contribution in [2.45, 2.75) is 38.0 Å². The zero-order valence-corrected chi connectivity index (χ0v) is 16.6. The molecule has 148 valence electrons. The fraction of sp³-hybridized carbons (Fsp3) is 0.240. The molecule has 0 spiro atoms. The van der Waals surface area contributed by atoms with E-state index in [4.69, 9.17) is 10.5 Å². The van der Waals surface area contributed by atoms with Gasteiger partial charge >= 0.3 is 5.97 Å². The van der Waals surface area contributed by atoms with Crippen molar-refractivity contribution in [2.75, 3.05) is 0 Å². The molecule has 0 saturated heterocycles. The molecule has 1 aliphatic rings. The Labute approximate surface area is 171 Å². The highest BCUT2D eigenvalue weighted by molar-refractivity contribution is 5.83. The van der Waals surface area contributed by atoms with E-state index in [1.54, 1.807) is 6.92 Å². The van der Waals surface area contributed by atoms with Crippen LogP contribution in [0, 0.1) is 0 Å². The second-order valence-corrected chi connectivity index (χ2v) is 7.51. The molecule has 0 fully saturated rings. The van der Waals surface area contributed by atoms with Crippen molar-refractivity contribution in [3.8, 4) is 11.1 Å². The molecule has 3 aromatic rings. The van der Waals surface area contributed by atoms with Gasteiger partial charge in [-0.25, -0.2) is 0 Å². The van der Waals surface area contributed by atoms with E-state index in [-0.39, 0.29) is 0 Å². The minimum atomic E-state index is -1.12. The largest absolute Gasteiger partial charge is 0.480 e. The Morgan fingerprint density at radius 2 is 1.66 bits per heavy atom. The second kappa shape index (κ2) is 7.47. The fourth-order valence-corrected chi connectivity index (χ4v) is 4.24. The highest BCUT2D eigenvalue weighted by Crippen LogP contribution is 2.54. The molecule has 0 bridgehead atoms. The normalized spacial score (nSPS) is 19.3. The van der Waals surface area contributed by atoms with Gasteiger partial charge in [0.15, 0.2) is 0 Å². The van der Waals surface area contributed by atoms with E-state index in [1.165, 1.54) is 5.56 Å². The van der Waals surface area contributed by atoms with Gasteiger partial charge in [-0.3, -0.25) is 4.79 Å². The number of nitrogens with two attached hydrogens (primary N) is 1. The lowest BCUT2D eigenvalue weighted by Gasteiger charge is -2.36.